The fourth-order valence-electron chi connectivity index (χ4n) is 2.81. The minimum absolute atomic E-state index is 0. The van der Waals surface area contributed by atoms with Crippen molar-refractivity contribution < 1.29 is 19.1 Å². The third kappa shape index (κ3) is 3.73. The van der Waals surface area contributed by atoms with Crippen LogP contribution in [0.5, 0.6) is 11.5 Å². The molecule has 7 nitrogen and oxygen atoms in total. The lowest BCUT2D eigenvalue weighted by molar-refractivity contribution is -0.132. The summed E-state index contributed by atoms with van der Waals surface area (Å²) in [5.41, 5.74) is 0.741. The standard InChI is InChI=1S/C16H21N3O4.ClH/c1-17-5-6-18-15(20)12-4-7-19(16(12)21)11-2-3-13-14(10-11)23-9-8-22-13;/h2-3,10,12,17H,4-9H2,1H3,(H,18,20);1H. The Morgan fingerprint density at radius 3 is 2.75 bits per heavy atom. The smallest absolute Gasteiger partial charge is 0.239 e. The van der Waals surface area contributed by atoms with Crippen LogP contribution in [0, 0.1) is 5.92 Å². The quantitative estimate of drug-likeness (QED) is 0.596. The van der Waals surface area contributed by atoms with Crippen molar-refractivity contribution in [1.29, 1.82) is 0 Å². The summed E-state index contributed by atoms with van der Waals surface area (Å²) in [6.07, 6.45) is 0.526. The van der Waals surface area contributed by atoms with E-state index in [1.807, 2.05) is 13.1 Å². The van der Waals surface area contributed by atoms with Crippen molar-refractivity contribution in [2.75, 3.05) is 44.8 Å². The molecule has 1 unspecified atom stereocenters. The summed E-state index contributed by atoms with van der Waals surface area (Å²) in [5.74, 6) is 0.352. The normalized spacial score (nSPS) is 19.0. The van der Waals surface area contributed by atoms with Gasteiger partial charge in [-0.1, -0.05) is 0 Å². The zero-order valence-corrected chi connectivity index (χ0v) is 14.4. The zero-order valence-electron chi connectivity index (χ0n) is 13.5. The number of amides is 2. The molecule has 1 fully saturated rings. The molecule has 3 rings (SSSR count). The second-order valence-electron chi connectivity index (χ2n) is 5.55. The summed E-state index contributed by atoms with van der Waals surface area (Å²) < 4.78 is 11.0. The van der Waals surface area contributed by atoms with E-state index in [0.29, 0.717) is 50.8 Å². The molecule has 0 aromatic heterocycles. The van der Waals surface area contributed by atoms with Gasteiger partial charge in [-0.05, 0) is 25.6 Å². The van der Waals surface area contributed by atoms with Crippen LogP contribution >= 0.6 is 12.4 Å². The van der Waals surface area contributed by atoms with E-state index in [4.69, 9.17) is 9.47 Å². The van der Waals surface area contributed by atoms with Gasteiger partial charge < -0.3 is 25.0 Å². The molecular weight excluding hydrogens is 334 g/mol. The molecule has 8 heteroatoms. The van der Waals surface area contributed by atoms with Crippen LogP contribution in [0.15, 0.2) is 18.2 Å². The molecule has 1 saturated heterocycles. The molecule has 24 heavy (non-hydrogen) atoms. The van der Waals surface area contributed by atoms with Crippen LogP contribution in [0.2, 0.25) is 0 Å². The number of nitrogens with one attached hydrogen (secondary N) is 2. The second-order valence-corrected chi connectivity index (χ2v) is 5.55. The molecular formula is C16H22ClN3O4. The number of hydrogen-bond acceptors (Lipinski definition) is 5. The SMILES string of the molecule is CNCCNC(=O)C1CCN(c2ccc3c(c2)OCCO3)C1=O.Cl. The monoisotopic (exact) mass is 355 g/mol. The van der Waals surface area contributed by atoms with Gasteiger partial charge >= 0.3 is 0 Å². The van der Waals surface area contributed by atoms with E-state index in [1.54, 1.807) is 17.0 Å². The maximum atomic E-state index is 12.5. The molecule has 2 aliphatic heterocycles. The summed E-state index contributed by atoms with van der Waals surface area (Å²) in [4.78, 5) is 26.3. The van der Waals surface area contributed by atoms with Gasteiger partial charge in [0.1, 0.15) is 19.1 Å². The van der Waals surface area contributed by atoms with Crippen molar-refractivity contribution in [2.45, 2.75) is 6.42 Å². The highest BCUT2D eigenvalue weighted by molar-refractivity contribution is 6.09. The minimum Gasteiger partial charge on any atom is -0.486 e. The average Bonchev–Trinajstić information content (AvgIpc) is 2.96. The first-order chi connectivity index (χ1) is 11.2. The molecule has 1 aromatic rings. The second kappa shape index (κ2) is 8.21. The maximum absolute atomic E-state index is 12.5. The zero-order chi connectivity index (χ0) is 16.2. The number of likely N-dealkylation sites (N-methyl/N-ethyl adjacent to an activating group) is 1. The molecule has 0 aliphatic carbocycles. The molecule has 1 atom stereocenters. The molecule has 1 aromatic carbocycles. The van der Waals surface area contributed by atoms with Crippen LogP contribution in [-0.4, -0.2) is 51.7 Å². The Morgan fingerprint density at radius 2 is 2.00 bits per heavy atom. The Bertz CT molecular complexity index is 611. The largest absolute Gasteiger partial charge is 0.486 e. The van der Waals surface area contributed by atoms with Crippen molar-refractivity contribution in [3.8, 4) is 11.5 Å². The number of halogens is 1. The number of rotatable bonds is 5. The lowest BCUT2D eigenvalue weighted by Crippen LogP contribution is -2.39. The summed E-state index contributed by atoms with van der Waals surface area (Å²) in [5, 5.41) is 5.74. The Kier molecular flexibility index (Phi) is 6.28. The molecule has 2 N–H and O–H groups in total. The van der Waals surface area contributed by atoms with E-state index in [1.165, 1.54) is 0 Å². The van der Waals surface area contributed by atoms with Gasteiger partial charge in [0.15, 0.2) is 11.5 Å². The molecule has 0 bridgehead atoms. The Labute approximate surface area is 147 Å². The fourth-order valence-corrected chi connectivity index (χ4v) is 2.81. The summed E-state index contributed by atoms with van der Waals surface area (Å²) in [6, 6.07) is 5.43. The number of anilines is 1. The predicted molar refractivity (Wildman–Crippen MR) is 92.1 cm³/mol. The van der Waals surface area contributed by atoms with Crippen molar-refractivity contribution in [3.63, 3.8) is 0 Å². The van der Waals surface area contributed by atoms with E-state index in [-0.39, 0.29) is 24.2 Å². The lowest BCUT2D eigenvalue weighted by atomic mass is 10.1. The minimum atomic E-state index is -0.611. The van der Waals surface area contributed by atoms with Crippen molar-refractivity contribution in [2.24, 2.45) is 5.92 Å². The van der Waals surface area contributed by atoms with E-state index in [9.17, 15) is 9.59 Å². The van der Waals surface area contributed by atoms with Crippen LogP contribution in [0.1, 0.15) is 6.42 Å². The highest BCUT2D eigenvalue weighted by Gasteiger charge is 2.37. The van der Waals surface area contributed by atoms with E-state index in [0.717, 1.165) is 5.69 Å². The number of carbonyl (C=O) groups excluding carboxylic acids is 2. The van der Waals surface area contributed by atoms with Gasteiger partial charge in [0.25, 0.3) is 0 Å². The number of carbonyl (C=O) groups is 2. The first kappa shape index (κ1) is 18.4. The van der Waals surface area contributed by atoms with Gasteiger partial charge in [0.05, 0.1) is 0 Å². The third-order valence-electron chi connectivity index (χ3n) is 4.03. The van der Waals surface area contributed by atoms with E-state index in [2.05, 4.69) is 10.6 Å². The summed E-state index contributed by atoms with van der Waals surface area (Å²) in [7, 11) is 1.82. The number of ether oxygens (including phenoxy) is 2. The average molecular weight is 356 g/mol. The molecule has 0 radical (unpaired) electrons. The van der Waals surface area contributed by atoms with Crippen LogP contribution in [0.3, 0.4) is 0 Å². The predicted octanol–water partition coefficient (Wildman–Crippen LogP) is 0.568. The van der Waals surface area contributed by atoms with Crippen LogP contribution in [-0.2, 0) is 9.59 Å². The van der Waals surface area contributed by atoms with Gasteiger partial charge in [-0.2, -0.15) is 0 Å². The molecule has 132 valence electrons. The fraction of sp³-hybridized carbons (Fsp3) is 0.500. The summed E-state index contributed by atoms with van der Waals surface area (Å²) in [6.45, 7) is 2.76. The number of benzene rings is 1. The van der Waals surface area contributed by atoms with Gasteiger partial charge in [-0.3, -0.25) is 9.59 Å². The van der Waals surface area contributed by atoms with Crippen molar-refractivity contribution in [1.82, 2.24) is 10.6 Å². The van der Waals surface area contributed by atoms with Crippen LogP contribution in [0.4, 0.5) is 5.69 Å². The molecule has 0 saturated carbocycles. The Balaban J connectivity index is 0.00000208. The van der Waals surface area contributed by atoms with E-state index < -0.39 is 5.92 Å². The summed E-state index contributed by atoms with van der Waals surface area (Å²) >= 11 is 0. The van der Waals surface area contributed by atoms with Crippen LogP contribution in [0.25, 0.3) is 0 Å². The molecule has 2 amide bonds. The maximum Gasteiger partial charge on any atom is 0.239 e. The van der Waals surface area contributed by atoms with Crippen LogP contribution < -0.4 is 25.0 Å². The highest BCUT2D eigenvalue weighted by atomic mass is 35.5. The van der Waals surface area contributed by atoms with Gasteiger partial charge in [-0.25, -0.2) is 0 Å². The number of hydrogen-bond donors (Lipinski definition) is 2. The topological polar surface area (TPSA) is 79.9 Å². The van der Waals surface area contributed by atoms with E-state index >= 15 is 0 Å². The molecule has 2 heterocycles. The van der Waals surface area contributed by atoms with Gasteiger partial charge in [-0.15, -0.1) is 12.4 Å². The van der Waals surface area contributed by atoms with Crippen molar-refractivity contribution >= 4 is 29.9 Å². The Hall–Kier alpha value is -1.99. The first-order valence-corrected chi connectivity index (χ1v) is 7.84. The number of fused-ring (bicyclic) bond motifs is 1. The molecule has 2 aliphatic rings. The Morgan fingerprint density at radius 1 is 1.25 bits per heavy atom. The number of nitrogens with zero attached hydrogens (tertiary/aromatic N) is 1. The molecule has 0 spiro atoms. The highest BCUT2D eigenvalue weighted by Crippen LogP contribution is 2.35. The lowest BCUT2D eigenvalue weighted by Gasteiger charge is -2.22. The van der Waals surface area contributed by atoms with Crippen molar-refractivity contribution in [3.05, 3.63) is 18.2 Å². The van der Waals surface area contributed by atoms with Gasteiger partial charge in [0.2, 0.25) is 11.8 Å². The van der Waals surface area contributed by atoms with Gasteiger partial charge in [0, 0.05) is 31.4 Å². The third-order valence-corrected chi connectivity index (χ3v) is 4.03. The first-order valence-electron chi connectivity index (χ1n) is 7.84.